The SMILES string of the molecule is C[C@H]1CN([C@@H](C)CO)C(=O)c2cc(NC(=O)Cc3ccccc3)ccc2O[C@H]1CN(C)S(=O)(=O)c1ccc(F)cc1. The largest absolute Gasteiger partial charge is 0.488 e. The van der Waals surface area contributed by atoms with Gasteiger partial charge in [0, 0.05) is 25.2 Å². The highest BCUT2D eigenvalue weighted by Crippen LogP contribution is 2.31. The molecule has 218 valence electrons. The summed E-state index contributed by atoms with van der Waals surface area (Å²) < 4.78 is 47.2. The summed E-state index contributed by atoms with van der Waals surface area (Å²) in [5.74, 6) is -1.26. The van der Waals surface area contributed by atoms with Crippen LogP contribution in [0.1, 0.15) is 29.8 Å². The maximum atomic E-state index is 13.7. The summed E-state index contributed by atoms with van der Waals surface area (Å²) in [5.41, 5.74) is 1.43. The third-order valence-corrected chi connectivity index (χ3v) is 8.95. The van der Waals surface area contributed by atoms with Crippen molar-refractivity contribution < 1.29 is 32.2 Å². The Morgan fingerprint density at radius 3 is 2.49 bits per heavy atom. The van der Waals surface area contributed by atoms with Crippen molar-refractivity contribution in [2.45, 2.75) is 37.3 Å². The molecule has 2 N–H and O–H groups in total. The maximum Gasteiger partial charge on any atom is 0.258 e. The molecule has 0 unspecified atom stereocenters. The molecule has 4 rings (SSSR count). The molecule has 1 aliphatic heterocycles. The van der Waals surface area contributed by atoms with Crippen LogP contribution in [0.25, 0.3) is 0 Å². The standard InChI is InChI=1S/C30H34FN3O6S/c1-20-17-34(21(2)19-35)30(37)26-16-24(32-29(36)15-22-7-5-4-6-8-22)11-14-27(26)40-28(20)18-33(3)41(38,39)25-12-9-23(31)10-13-25/h4-14,16,20-21,28,35H,15,17-19H2,1-3H3,(H,32,36)/t20-,21-,28-/m0/s1. The van der Waals surface area contributed by atoms with Gasteiger partial charge in [-0.05, 0) is 55.0 Å². The zero-order valence-corrected chi connectivity index (χ0v) is 24.0. The van der Waals surface area contributed by atoms with Crippen LogP contribution < -0.4 is 10.1 Å². The third kappa shape index (κ3) is 7.10. The minimum atomic E-state index is -3.95. The average Bonchev–Trinajstić information content (AvgIpc) is 2.95. The molecule has 3 aromatic rings. The number of halogens is 1. The van der Waals surface area contributed by atoms with Crippen molar-refractivity contribution >= 4 is 27.5 Å². The highest BCUT2D eigenvalue weighted by Gasteiger charge is 2.35. The number of hydrogen-bond acceptors (Lipinski definition) is 6. The second-order valence-corrected chi connectivity index (χ2v) is 12.3. The molecule has 0 bridgehead atoms. The second-order valence-electron chi connectivity index (χ2n) is 10.3. The Labute approximate surface area is 239 Å². The Balaban J connectivity index is 1.61. The number of aliphatic hydroxyl groups is 1. The van der Waals surface area contributed by atoms with Crippen molar-refractivity contribution in [3.8, 4) is 5.75 Å². The van der Waals surface area contributed by atoms with Crippen LogP contribution >= 0.6 is 0 Å². The minimum Gasteiger partial charge on any atom is -0.488 e. The molecule has 3 atom stereocenters. The van der Waals surface area contributed by atoms with E-state index in [2.05, 4.69) is 5.32 Å². The first kappa shape index (κ1) is 30.2. The lowest BCUT2D eigenvalue weighted by molar-refractivity contribution is -0.115. The quantitative estimate of drug-likeness (QED) is 0.398. The van der Waals surface area contributed by atoms with Crippen LogP contribution in [0.15, 0.2) is 77.7 Å². The predicted molar refractivity (Wildman–Crippen MR) is 153 cm³/mol. The molecule has 0 aliphatic carbocycles. The third-order valence-electron chi connectivity index (χ3n) is 7.11. The van der Waals surface area contributed by atoms with Gasteiger partial charge in [0.2, 0.25) is 15.9 Å². The number of rotatable bonds is 9. The molecule has 0 saturated heterocycles. The Bertz CT molecular complexity index is 1480. The number of likely N-dealkylation sites (N-methyl/N-ethyl adjacent to an activating group) is 1. The summed E-state index contributed by atoms with van der Waals surface area (Å²) in [6.45, 7) is 3.44. The van der Waals surface area contributed by atoms with E-state index in [1.807, 2.05) is 37.3 Å². The molecule has 1 aliphatic rings. The van der Waals surface area contributed by atoms with Crippen LogP contribution in [-0.4, -0.2) is 73.4 Å². The summed E-state index contributed by atoms with van der Waals surface area (Å²) in [4.78, 5) is 27.8. The molecule has 2 amide bonds. The molecule has 0 fully saturated rings. The highest BCUT2D eigenvalue weighted by atomic mass is 32.2. The van der Waals surface area contributed by atoms with E-state index in [1.54, 1.807) is 19.1 Å². The summed E-state index contributed by atoms with van der Waals surface area (Å²) in [5, 5.41) is 12.7. The highest BCUT2D eigenvalue weighted by molar-refractivity contribution is 7.89. The Kier molecular flexibility index (Phi) is 9.42. The molecular formula is C30H34FN3O6S. The summed E-state index contributed by atoms with van der Waals surface area (Å²) >= 11 is 0. The van der Waals surface area contributed by atoms with Crippen molar-refractivity contribution in [1.82, 2.24) is 9.21 Å². The van der Waals surface area contributed by atoms with Crippen LogP contribution in [0, 0.1) is 11.7 Å². The van der Waals surface area contributed by atoms with E-state index in [1.165, 1.54) is 30.1 Å². The molecule has 1 heterocycles. The number of nitrogens with zero attached hydrogens (tertiary/aromatic N) is 2. The molecule has 41 heavy (non-hydrogen) atoms. The normalized spacial score (nSPS) is 18.2. The smallest absolute Gasteiger partial charge is 0.258 e. The van der Waals surface area contributed by atoms with Crippen molar-refractivity contribution in [2.75, 3.05) is 32.1 Å². The van der Waals surface area contributed by atoms with Gasteiger partial charge in [-0.3, -0.25) is 9.59 Å². The number of sulfonamides is 1. The fourth-order valence-electron chi connectivity index (χ4n) is 4.64. The first-order valence-corrected chi connectivity index (χ1v) is 14.7. The second kappa shape index (κ2) is 12.8. The van der Waals surface area contributed by atoms with E-state index in [0.29, 0.717) is 5.69 Å². The monoisotopic (exact) mass is 583 g/mol. The van der Waals surface area contributed by atoms with E-state index in [9.17, 15) is 27.5 Å². The molecule has 0 radical (unpaired) electrons. The first-order chi connectivity index (χ1) is 19.5. The summed E-state index contributed by atoms with van der Waals surface area (Å²) in [6.07, 6.45) is -0.515. The topological polar surface area (TPSA) is 116 Å². The van der Waals surface area contributed by atoms with Gasteiger partial charge in [-0.1, -0.05) is 37.3 Å². The van der Waals surface area contributed by atoms with Gasteiger partial charge < -0.3 is 20.1 Å². The lowest BCUT2D eigenvalue weighted by Gasteiger charge is -2.38. The fourth-order valence-corrected chi connectivity index (χ4v) is 5.83. The van der Waals surface area contributed by atoms with Gasteiger partial charge in [0.25, 0.3) is 5.91 Å². The lowest BCUT2D eigenvalue weighted by atomic mass is 9.99. The number of carbonyl (C=O) groups excluding carboxylic acids is 2. The van der Waals surface area contributed by atoms with Gasteiger partial charge >= 0.3 is 0 Å². The molecule has 0 saturated carbocycles. The average molecular weight is 584 g/mol. The zero-order chi connectivity index (χ0) is 29.7. The van der Waals surface area contributed by atoms with Crippen LogP contribution in [0.4, 0.5) is 10.1 Å². The number of benzene rings is 3. The van der Waals surface area contributed by atoms with Crippen LogP contribution in [0.2, 0.25) is 0 Å². The molecule has 11 heteroatoms. The number of nitrogens with one attached hydrogen (secondary N) is 1. The van der Waals surface area contributed by atoms with Gasteiger partial charge in [0.15, 0.2) is 0 Å². The lowest BCUT2D eigenvalue weighted by Crippen LogP contribution is -2.50. The molecule has 3 aromatic carbocycles. The van der Waals surface area contributed by atoms with Crippen molar-refractivity contribution in [3.63, 3.8) is 0 Å². The molecule has 0 aromatic heterocycles. The van der Waals surface area contributed by atoms with Gasteiger partial charge in [0.1, 0.15) is 17.7 Å². The predicted octanol–water partition coefficient (Wildman–Crippen LogP) is 3.55. The van der Waals surface area contributed by atoms with Crippen LogP contribution in [0.3, 0.4) is 0 Å². The van der Waals surface area contributed by atoms with Gasteiger partial charge in [-0.25, -0.2) is 12.8 Å². The summed E-state index contributed by atoms with van der Waals surface area (Å²) in [7, 11) is -2.53. The van der Waals surface area contributed by atoms with Crippen LogP contribution in [-0.2, 0) is 21.2 Å². The molecular weight excluding hydrogens is 549 g/mol. The first-order valence-electron chi connectivity index (χ1n) is 13.3. The maximum absolute atomic E-state index is 13.7. The zero-order valence-electron chi connectivity index (χ0n) is 23.2. The molecule has 0 spiro atoms. The van der Waals surface area contributed by atoms with Crippen LogP contribution in [0.5, 0.6) is 5.75 Å². The van der Waals surface area contributed by atoms with Gasteiger partial charge in [0.05, 0.1) is 36.1 Å². The molecule has 9 nitrogen and oxygen atoms in total. The minimum absolute atomic E-state index is 0.0502. The Morgan fingerprint density at radius 2 is 1.83 bits per heavy atom. The number of fused-ring (bicyclic) bond motifs is 1. The van der Waals surface area contributed by atoms with Gasteiger partial charge in [-0.15, -0.1) is 0 Å². The summed E-state index contributed by atoms with van der Waals surface area (Å²) in [6, 6.07) is 18.0. The Morgan fingerprint density at radius 1 is 1.15 bits per heavy atom. The van der Waals surface area contributed by atoms with Crippen molar-refractivity contribution in [1.29, 1.82) is 0 Å². The Hall–Kier alpha value is -3.80. The van der Waals surface area contributed by atoms with Gasteiger partial charge in [-0.2, -0.15) is 4.31 Å². The van der Waals surface area contributed by atoms with Crippen molar-refractivity contribution in [2.24, 2.45) is 5.92 Å². The number of ether oxygens (including phenoxy) is 1. The number of amides is 2. The fraction of sp³-hybridized carbons (Fsp3) is 0.333. The van der Waals surface area contributed by atoms with E-state index < -0.39 is 28.0 Å². The van der Waals surface area contributed by atoms with E-state index in [-0.39, 0.29) is 60.1 Å². The number of hydrogen-bond donors (Lipinski definition) is 2. The number of aliphatic hydroxyl groups excluding tert-OH is 1. The van der Waals surface area contributed by atoms with Crippen molar-refractivity contribution in [3.05, 3.63) is 89.7 Å². The van der Waals surface area contributed by atoms with E-state index >= 15 is 0 Å². The number of carbonyl (C=O) groups is 2. The van der Waals surface area contributed by atoms with E-state index in [0.717, 1.165) is 22.0 Å². The van der Waals surface area contributed by atoms with E-state index in [4.69, 9.17) is 4.74 Å². The number of anilines is 1.